The topological polar surface area (TPSA) is 40.6 Å². The highest BCUT2D eigenvalue weighted by Gasteiger charge is 2.55. The van der Waals surface area contributed by atoms with E-state index in [1.54, 1.807) is 28.8 Å². The fourth-order valence-corrected chi connectivity index (χ4v) is 3.72. The highest BCUT2D eigenvalue weighted by atomic mass is 32.2. The number of amides is 3. The van der Waals surface area contributed by atoms with Crippen molar-refractivity contribution in [3.8, 4) is 0 Å². The van der Waals surface area contributed by atoms with Crippen molar-refractivity contribution >= 4 is 29.4 Å². The first-order chi connectivity index (χ1) is 8.52. The second kappa shape index (κ2) is 3.75. The zero-order valence-corrected chi connectivity index (χ0v) is 11.1. The van der Waals surface area contributed by atoms with Gasteiger partial charge in [-0.15, -0.1) is 11.8 Å². The zero-order chi connectivity index (χ0) is 12.9. The summed E-state index contributed by atoms with van der Waals surface area (Å²) in [6.45, 7) is 3.97. The Morgan fingerprint density at radius 2 is 1.89 bits per heavy atom. The molecule has 18 heavy (non-hydrogen) atoms. The van der Waals surface area contributed by atoms with Gasteiger partial charge in [0.25, 0.3) is 5.91 Å². The van der Waals surface area contributed by atoms with Crippen LogP contribution in [-0.4, -0.2) is 33.5 Å². The Labute approximate surface area is 110 Å². The van der Waals surface area contributed by atoms with Gasteiger partial charge >= 0.3 is 6.03 Å². The molecule has 0 saturated carbocycles. The van der Waals surface area contributed by atoms with Crippen molar-refractivity contribution in [3.63, 3.8) is 0 Å². The maximum absolute atomic E-state index is 12.4. The highest BCUT2D eigenvalue weighted by Crippen LogP contribution is 2.44. The molecule has 2 fully saturated rings. The van der Waals surface area contributed by atoms with E-state index in [0.717, 1.165) is 0 Å². The summed E-state index contributed by atoms with van der Waals surface area (Å²) in [5.74, 6) is 0.574. The van der Waals surface area contributed by atoms with Gasteiger partial charge in [-0.25, -0.2) is 9.69 Å². The molecule has 2 aliphatic rings. The number of imide groups is 1. The number of carbonyl (C=O) groups excluding carboxylic acids is 2. The molecule has 0 N–H and O–H groups in total. The van der Waals surface area contributed by atoms with Crippen LogP contribution < -0.4 is 4.90 Å². The van der Waals surface area contributed by atoms with Gasteiger partial charge in [0.1, 0.15) is 6.04 Å². The molecule has 2 aliphatic heterocycles. The van der Waals surface area contributed by atoms with Crippen LogP contribution in [0.25, 0.3) is 0 Å². The molecular formula is C13H14N2O2S. The van der Waals surface area contributed by atoms with Gasteiger partial charge in [-0.3, -0.25) is 9.69 Å². The van der Waals surface area contributed by atoms with Crippen molar-refractivity contribution in [2.75, 3.05) is 10.7 Å². The van der Waals surface area contributed by atoms with E-state index in [9.17, 15) is 9.59 Å². The molecule has 0 spiro atoms. The molecule has 4 nitrogen and oxygen atoms in total. The Bertz CT molecular complexity index is 515. The Hall–Kier alpha value is -1.49. The fraction of sp³-hybridized carbons (Fsp3) is 0.385. The van der Waals surface area contributed by atoms with Crippen molar-refractivity contribution in [1.82, 2.24) is 4.90 Å². The molecule has 0 aromatic heterocycles. The van der Waals surface area contributed by atoms with E-state index in [1.807, 2.05) is 32.0 Å². The number of carbonyl (C=O) groups is 2. The lowest BCUT2D eigenvalue weighted by Crippen LogP contribution is -2.43. The average molecular weight is 262 g/mol. The third-order valence-electron chi connectivity index (χ3n) is 3.40. The van der Waals surface area contributed by atoms with E-state index in [4.69, 9.17) is 0 Å². The summed E-state index contributed by atoms with van der Waals surface area (Å²) in [6.07, 6.45) is 0. The lowest BCUT2D eigenvalue weighted by Gasteiger charge is -2.29. The molecule has 0 unspecified atom stereocenters. The Kier molecular flexibility index (Phi) is 2.41. The van der Waals surface area contributed by atoms with Crippen LogP contribution >= 0.6 is 11.8 Å². The molecule has 1 atom stereocenters. The first-order valence-electron chi connectivity index (χ1n) is 5.88. The number of hydrogen-bond acceptors (Lipinski definition) is 3. The molecule has 5 heteroatoms. The second-order valence-electron chi connectivity index (χ2n) is 4.94. The van der Waals surface area contributed by atoms with E-state index in [2.05, 4.69) is 0 Å². The van der Waals surface area contributed by atoms with Crippen LogP contribution in [0, 0.1) is 0 Å². The van der Waals surface area contributed by atoms with Gasteiger partial charge in [-0.05, 0) is 26.0 Å². The summed E-state index contributed by atoms with van der Waals surface area (Å²) >= 11 is 1.65. The van der Waals surface area contributed by atoms with Crippen molar-refractivity contribution < 1.29 is 9.59 Å². The molecule has 1 aromatic rings. The average Bonchev–Trinajstić information content (AvgIpc) is 2.78. The van der Waals surface area contributed by atoms with Crippen molar-refractivity contribution in [2.45, 2.75) is 24.8 Å². The number of urea groups is 1. The Balaban J connectivity index is 2.01. The molecular weight excluding hydrogens is 248 g/mol. The molecule has 94 valence electrons. The van der Waals surface area contributed by atoms with Gasteiger partial charge in [0, 0.05) is 5.75 Å². The number of para-hydroxylation sites is 1. The number of thioether (sulfide) groups is 1. The number of nitrogens with zero attached hydrogens (tertiary/aromatic N) is 2. The van der Waals surface area contributed by atoms with Crippen LogP contribution in [0.3, 0.4) is 0 Å². The zero-order valence-electron chi connectivity index (χ0n) is 10.3. The van der Waals surface area contributed by atoms with Gasteiger partial charge in [-0.1, -0.05) is 18.2 Å². The monoisotopic (exact) mass is 262 g/mol. The molecule has 0 radical (unpaired) electrons. The number of anilines is 1. The standard InChI is InChI=1S/C13H14N2O2S/c1-13(2)15-10(8-18-13)11(16)14(12(15)17)9-6-4-3-5-7-9/h3-7,10H,8H2,1-2H3/t10-/m0/s1. The lowest BCUT2D eigenvalue weighted by molar-refractivity contribution is -0.119. The van der Waals surface area contributed by atoms with Crippen molar-refractivity contribution in [1.29, 1.82) is 0 Å². The number of rotatable bonds is 1. The van der Waals surface area contributed by atoms with E-state index in [-0.39, 0.29) is 22.9 Å². The summed E-state index contributed by atoms with van der Waals surface area (Å²) in [7, 11) is 0. The minimum atomic E-state index is -0.308. The first-order valence-corrected chi connectivity index (χ1v) is 6.87. The van der Waals surface area contributed by atoms with Crippen LogP contribution in [0.2, 0.25) is 0 Å². The van der Waals surface area contributed by atoms with Crippen molar-refractivity contribution in [3.05, 3.63) is 30.3 Å². The predicted molar refractivity (Wildman–Crippen MR) is 71.5 cm³/mol. The lowest BCUT2D eigenvalue weighted by atomic mass is 10.2. The summed E-state index contributed by atoms with van der Waals surface area (Å²) in [5, 5.41) is 0. The van der Waals surface area contributed by atoms with Crippen molar-refractivity contribution in [2.24, 2.45) is 0 Å². The highest BCUT2D eigenvalue weighted by molar-refractivity contribution is 8.00. The second-order valence-corrected chi connectivity index (χ2v) is 6.56. The summed E-state index contributed by atoms with van der Waals surface area (Å²) < 4.78 is 0. The van der Waals surface area contributed by atoms with Gasteiger partial charge in [0.05, 0.1) is 10.6 Å². The fourth-order valence-electron chi connectivity index (χ4n) is 2.51. The molecule has 0 bridgehead atoms. The van der Waals surface area contributed by atoms with Gasteiger partial charge < -0.3 is 0 Å². The van der Waals surface area contributed by atoms with Gasteiger partial charge in [0.2, 0.25) is 0 Å². The first kappa shape index (κ1) is 11.6. The van der Waals surface area contributed by atoms with Crippen LogP contribution in [0.5, 0.6) is 0 Å². The molecule has 3 amide bonds. The van der Waals surface area contributed by atoms with Crippen LogP contribution in [0.15, 0.2) is 30.3 Å². The SMILES string of the molecule is CC1(C)SC[C@H]2C(=O)N(c3ccccc3)C(=O)N21. The molecule has 0 aliphatic carbocycles. The third kappa shape index (κ3) is 1.47. The summed E-state index contributed by atoms with van der Waals surface area (Å²) in [5.41, 5.74) is 0.655. The van der Waals surface area contributed by atoms with Crippen LogP contribution in [-0.2, 0) is 4.79 Å². The van der Waals surface area contributed by atoms with E-state index >= 15 is 0 Å². The third-order valence-corrected chi connectivity index (χ3v) is 4.79. The number of hydrogen-bond donors (Lipinski definition) is 0. The largest absolute Gasteiger partial charge is 0.333 e. The summed E-state index contributed by atoms with van der Waals surface area (Å²) in [6, 6.07) is 8.60. The maximum atomic E-state index is 12.4. The van der Waals surface area contributed by atoms with Crippen LogP contribution in [0.1, 0.15) is 13.8 Å². The predicted octanol–water partition coefficient (Wildman–Crippen LogP) is 2.31. The number of benzene rings is 1. The Morgan fingerprint density at radius 3 is 2.50 bits per heavy atom. The minimum absolute atomic E-state index is 0.107. The van der Waals surface area contributed by atoms with E-state index in [1.165, 1.54) is 4.90 Å². The van der Waals surface area contributed by atoms with Gasteiger partial charge in [0.15, 0.2) is 0 Å². The van der Waals surface area contributed by atoms with Gasteiger partial charge in [-0.2, -0.15) is 0 Å². The van der Waals surface area contributed by atoms with E-state index < -0.39 is 0 Å². The Morgan fingerprint density at radius 1 is 1.22 bits per heavy atom. The molecule has 2 heterocycles. The molecule has 2 saturated heterocycles. The normalized spacial score (nSPS) is 25.8. The quantitative estimate of drug-likeness (QED) is 0.729. The van der Waals surface area contributed by atoms with E-state index in [0.29, 0.717) is 11.4 Å². The van der Waals surface area contributed by atoms with Crippen LogP contribution in [0.4, 0.5) is 10.5 Å². The summed E-state index contributed by atoms with van der Waals surface area (Å²) in [4.78, 5) is 27.5. The number of fused-ring (bicyclic) bond motifs is 1. The molecule has 1 aromatic carbocycles. The smallest absolute Gasteiger partial charge is 0.297 e. The minimum Gasteiger partial charge on any atom is -0.297 e. The molecule has 3 rings (SSSR count). The maximum Gasteiger partial charge on any atom is 0.333 e.